The Kier molecular flexibility index (Phi) is 4.88. The highest BCUT2D eigenvalue weighted by atomic mass is 79.9. The summed E-state index contributed by atoms with van der Waals surface area (Å²) in [5, 5.41) is 8.33. The van der Waals surface area contributed by atoms with Crippen LogP contribution in [-0.2, 0) is 7.05 Å². The first-order valence-corrected chi connectivity index (χ1v) is 8.18. The fourth-order valence-corrected chi connectivity index (χ4v) is 4.23. The second-order valence-corrected chi connectivity index (χ2v) is 7.43. The lowest BCUT2D eigenvalue weighted by molar-refractivity contribution is 0.579. The highest BCUT2D eigenvalue weighted by molar-refractivity contribution is 9.13. The summed E-state index contributed by atoms with van der Waals surface area (Å²) in [6, 6.07) is 2.16. The maximum Gasteiger partial charge on any atom is 0.0857 e. The summed E-state index contributed by atoms with van der Waals surface area (Å²) in [5.74, 6) is 0. The molecule has 2 heterocycles. The third-order valence-electron chi connectivity index (χ3n) is 2.57. The molecule has 0 spiro atoms. The minimum absolute atomic E-state index is 0.0580. The van der Waals surface area contributed by atoms with E-state index in [0.717, 1.165) is 20.5 Å². The lowest BCUT2D eigenvalue weighted by atomic mass is 10.1. The zero-order valence-corrected chi connectivity index (χ0v) is 14.6. The SMILES string of the molecule is CCNC(c1cc(Br)c(Br)s1)c1c(Cl)cnn1C. The molecule has 0 aliphatic rings. The summed E-state index contributed by atoms with van der Waals surface area (Å²) in [6.45, 7) is 2.94. The first-order valence-electron chi connectivity index (χ1n) is 5.40. The van der Waals surface area contributed by atoms with E-state index in [0.29, 0.717) is 5.02 Å². The number of aromatic nitrogens is 2. The zero-order valence-electron chi connectivity index (χ0n) is 9.88. The van der Waals surface area contributed by atoms with Crippen LogP contribution in [-0.4, -0.2) is 16.3 Å². The molecule has 3 nitrogen and oxygen atoms in total. The molecule has 0 aliphatic carbocycles. The summed E-state index contributed by atoms with van der Waals surface area (Å²) >= 11 is 15.0. The van der Waals surface area contributed by atoms with Crippen LogP contribution in [0.1, 0.15) is 23.5 Å². The number of thiophene rings is 1. The molecule has 0 bridgehead atoms. The monoisotopic (exact) mass is 411 g/mol. The van der Waals surface area contributed by atoms with Gasteiger partial charge >= 0.3 is 0 Å². The van der Waals surface area contributed by atoms with E-state index in [1.807, 2.05) is 11.7 Å². The first-order chi connectivity index (χ1) is 8.54. The van der Waals surface area contributed by atoms with Crippen molar-refractivity contribution in [3.05, 3.63) is 36.1 Å². The molecular formula is C11H12Br2ClN3S. The van der Waals surface area contributed by atoms with Crippen molar-refractivity contribution in [2.45, 2.75) is 13.0 Å². The highest BCUT2D eigenvalue weighted by Gasteiger charge is 2.22. The van der Waals surface area contributed by atoms with Crippen molar-refractivity contribution in [3.8, 4) is 0 Å². The Hall–Kier alpha value is 0.120. The Balaban J connectivity index is 2.46. The van der Waals surface area contributed by atoms with Crippen molar-refractivity contribution in [1.82, 2.24) is 15.1 Å². The van der Waals surface area contributed by atoms with Crippen molar-refractivity contribution in [3.63, 3.8) is 0 Å². The minimum atomic E-state index is 0.0580. The van der Waals surface area contributed by atoms with Gasteiger partial charge in [-0.05, 0) is 44.5 Å². The van der Waals surface area contributed by atoms with Gasteiger partial charge in [-0.1, -0.05) is 18.5 Å². The molecular weight excluding hydrogens is 401 g/mol. The van der Waals surface area contributed by atoms with Crippen LogP contribution in [0.4, 0.5) is 0 Å². The van der Waals surface area contributed by atoms with Crippen LogP contribution in [0.2, 0.25) is 5.02 Å². The topological polar surface area (TPSA) is 29.9 Å². The summed E-state index contributed by atoms with van der Waals surface area (Å²) in [7, 11) is 1.91. The second-order valence-electron chi connectivity index (χ2n) is 3.76. The lowest BCUT2D eigenvalue weighted by Crippen LogP contribution is -2.23. The fourth-order valence-electron chi connectivity index (χ4n) is 1.79. The molecule has 0 aliphatic heterocycles. The lowest BCUT2D eigenvalue weighted by Gasteiger charge is -2.17. The first kappa shape index (κ1) is 14.5. The average Bonchev–Trinajstić information content (AvgIpc) is 2.81. The van der Waals surface area contributed by atoms with Gasteiger partial charge in [0.25, 0.3) is 0 Å². The van der Waals surface area contributed by atoms with E-state index < -0.39 is 0 Å². The Morgan fingerprint density at radius 3 is 2.72 bits per heavy atom. The molecule has 0 amide bonds. The zero-order chi connectivity index (χ0) is 13.3. The van der Waals surface area contributed by atoms with E-state index in [-0.39, 0.29) is 6.04 Å². The molecule has 0 saturated heterocycles. The molecule has 98 valence electrons. The van der Waals surface area contributed by atoms with Crippen LogP contribution in [0.5, 0.6) is 0 Å². The minimum Gasteiger partial charge on any atom is -0.305 e. The standard InChI is InChI=1S/C11H12Br2ClN3S/c1-3-15-9(8-4-6(12)11(13)18-8)10-7(14)5-16-17(10)2/h4-5,9,15H,3H2,1-2H3. The van der Waals surface area contributed by atoms with Crippen LogP contribution in [0.15, 0.2) is 20.5 Å². The summed E-state index contributed by atoms with van der Waals surface area (Å²) in [4.78, 5) is 1.20. The number of hydrogen-bond donors (Lipinski definition) is 1. The van der Waals surface area contributed by atoms with Crippen LogP contribution < -0.4 is 5.32 Å². The molecule has 7 heteroatoms. The van der Waals surface area contributed by atoms with E-state index in [4.69, 9.17) is 11.6 Å². The van der Waals surface area contributed by atoms with E-state index >= 15 is 0 Å². The number of rotatable bonds is 4. The molecule has 1 N–H and O–H groups in total. The summed E-state index contributed by atoms with van der Waals surface area (Å²) in [5.41, 5.74) is 0.986. The van der Waals surface area contributed by atoms with E-state index in [9.17, 15) is 0 Å². The van der Waals surface area contributed by atoms with Crippen molar-refractivity contribution < 1.29 is 0 Å². The molecule has 0 radical (unpaired) electrons. The normalized spacial score (nSPS) is 12.9. The van der Waals surface area contributed by atoms with Gasteiger partial charge in [-0.25, -0.2) is 0 Å². The van der Waals surface area contributed by atoms with E-state index in [1.165, 1.54) is 4.88 Å². The summed E-state index contributed by atoms with van der Waals surface area (Å²) in [6.07, 6.45) is 1.68. The predicted octanol–water partition coefficient (Wildman–Crippen LogP) is 4.36. The third kappa shape index (κ3) is 2.82. The van der Waals surface area contributed by atoms with Gasteiger partial charge in [0.1, 0.15) is 0 Å². The molecule has 1 atom stereocenters. The molecule has 2 aromatic rings. The van der Waals surface area contributed by atoms with Gasteiger partial charge in [-0.3, -0.25) is 4.68 Å². The Morgan fingerprint density at radius 2 is 2.28 bits per heavy atom. The highest BCUT2D eigenvalue weighted by Crippen LogP contribution is 2.38. The third-order valence-corrected chi connectivity index (χ3v) is 6.18. The Labute approximate surface area is 132 Å². The quantitative estimate of drug-likeness (QED) is 0.807. The molecule has 1 unspecified atom stereocenters. The van der Waals surface area contributed by atoms with Crippen molar-refractivity contribution in [2.24, 2.45) is 7.05 Å². The van der Waals surface area contributed by atoms with E-state index in [2.05, 4.69) is 55.3 Å². The largest absolute Gasteiger partial charge is 0.305 e. The number of nitrogens with one attached hydrogen (secondary N) is 1. The number of hydrogen-bond acceptors (Lipinski definition) is 3. The molecule has 0 saturated carbocycles. The average molecular weight is 414 g/mol. The molecule has 18 heavy (non-hydrogen) atoms. The maximum atomic E-state index is 6.23. The van der Waals surface area contributed by atoms with E-state index in [1.54, 1.807) is 17.5 Å². The number of aryl methyl sites for hydroxylation is 1. The second kappa shape index (κ2) is 6.05. The smallest absolute Gasteiger partial charge is 0.0857 e. The van der Waals surface area contributed by atoms with Crippen LogP contribution in [0, 0.1) is 0 Å². The van der Waals surface area contributed by atoms with Crippen LogP contribution in [0.25, 0.3) is 0 Å². The van der Waals surface area contributed by atoms with Crippen molar-refractivity contribution in [1.29, 1.82) is 0 Å². The molecule has 2 aromatic heterocycles. The number of nitrogens with zero attached hydrogens (tertiary/aromatic N) is 2. The molecule has 0 aromatic carbocycles. The van der Waals surface area contributed by atoms with Gasteiger partial charge in [0, 0.05) is 16.4 Å². The van der Waals surface area contributed by atoms with Crippen LogP contribution >= 0.6 is 54.8 Å². The van der Waals surface area contributed by atoms with Gasteiger partial charge in [-0.2, -0.15) is 5.10 Å². The maximum absolute atomic E-state index is 6.23. The summed E-state index contributed by atoms with van der Waals surface area (Å²) < 4.78 is 3.96. The van der Waals surface area contributed by atoms with Gasteiger partial charge in [0.05, 0.1) is 26.7 Å². The van der Waals surface area contributed by atoms with Crippen molar-refractivity contribution in [2.75, 3.05) is 6.54 Å². The Morgan fingerprint density at radius 1 is 1.56 bits per heavy atom. The Bertz CT molecular complexity index is 513. The van der Waals surface area contributed by atoms with Crippen LogP contribution in [0.3, 0.4) is 0 Å². The van der Waals surface area contributed by atoms with Gasteiger partial charge < -0.3 is 5.32 Å². The molecule has 2 rings (SSSR count). The number of halogens is 3. The van der Waals surface area contributed by atoms with Gasteiger partial charge in [0.2, 0.25) is 0 Å². The van der Waals surface area contributed by atoms with Gasteiger partial charge in [0.15, 0.2) is 0 Å². The molecule has 0 fully saturated rings. The predicted molar refractivity (Wildman–Crippen MR) is 83.5 cm³/mol. The fraction of sp³-hybridized carbons (Fsp3) is 0.364. The van der Waals surface area contributed by atoms with Gasteiger partial charge in [-0.15, -0.1) is 11.3 Å². The van der Waals surface area contributed by atoms with Crippen molar-refractivity contribution >= 4 is 54.8 Å².